The summed E-state index contributed by atoms with van der Waals surface area (Å²) in [7, 11) is 0. The first-order valence-corrected chi connectivity index (χ1v) is 5.39. The highest BCUT2D eigenvalue weighted by Crippen LogP contribution is 2.24. The zero-order valence-electron chi connectivity index (χ0n) is 9.33. The van der Waals surface area contributed by atoms with Gasteiger partial charge < -0.3 is 11.1 Å². The number of nitrogens with zero attached hydrogens (tertiary/aromatic N) is 1. The van der Waals surface area contributed by atoms with E-state index in [1.165, 1.54) is 0 Å². The van der Waals surface area contributed by atoms with Crippen LogP contribution in [0.15, 0.2) is 30.5 Å². The molecule has 4 heteroatoms. The van der Waals surface area contributed by atoms with E-state index < -0.39 is 0 Å². The number of nitrogens with two attached hydrogens (primary N) is 1. The molecule has 0 atom stereocenters. The van der Waals surface area contributed by atoms with Crippen LogP contribution >= 0.6 is 0 Å². The Morgan fingerprint density at radius 2 is 2.38 bits per heavy atom. The lowest BCUT2D eigenvalue weighted by atomic mass is 10.2. The predicted octanol–water partition coefficient (Wildman–Crippen LogP) is 2.52. The molecule has 0 saturated carbocycles. The van der Waals surface area contributed by atoms with Gasteiger partial charge in [0.15, 0.2) is 0 Å². The fourth-order valence-corrected chi connectivity index (χ4v) is 1.62. The first kappa shape index (κ1) is 10.5. The van der Waals surface area contributed by atoms with Crippen molar-refractivity contribution in [2.45, 2.75) is 13.3 Å². The molecule has 4 N–H and O–H groups in total. The summed E-state index contributed by atoms with van der Waals surface area (Å²) in [5.41, 5.74) is 8.66. The number of aromatic amines is 1. The lowest BCUT2D eigenvalue weighted by Crippen LogP contribution is -2.03. The molecule has 16 heavy (non-hydrogen) atoms. The Labute approximate surface area is 94.5 Å². The highest BCUT2D eigenvalue weighted by Gasteiger charge is 2.02. The molecular weight excluding hydrogens is 200 g/mol. The predicted molar refractivity (Wildman–Crippen MR) is 68.4 cm³/mol. The molecule has 84 valence electrons. The van der Waals surface area contributed by atoms with Gasteiger partial charge >= 0.3 is 0 Å². The van der Waals surface area contributed by atoms with Crippen LogP contribution in [0, 0.1) is 0 Å². The Hall–Kier alpha value is -1.97. The van der Waals surface area contributed by atoms with Gasteiger partial charge in [-0.3, -0.25) is 5.10 Å². The lowest BCUT2D eigenvalue weighted by molar-refractivity contribution is 1.06. The van der Waals surface area contributed by atoms with E-state index in [1.54, 1.807) is 6.20 Å². The first-order chi connectivity index (χ1) is 7.81. The summed E-state index contributed by atoms with van der Waals surface area (Å²) >= 11 is 0. The number of aromatic nitrogens is 2. The molecule has 0 amide bonds. The van der Waals surface area contributed by atoms with Gasteiger partial charge in [-0.2, -0.15) is 5.10 Å². The summed E-state index contributed by atoms with van der Waals surface area (Å²) in [4.78, 5) is 0. The van der Waals surface area contributed by atoms with Crippen LogP contribution in [-0.4, -0.2) is 16.7 Å². The number of nitrogens with one attached hydrogen (secondary N) is 2. The molecule has 1 aromatic heterocycles. The van der Waals surface area contributed by atoms with Gasteiger partial charge in [0.1, 0.15) is 0 Å². The van der Waals surface area contributed by atoms with Crippen LogP contribution in [0.1, 0.15) is 13.3 Å². The number of benzene rings is 1. The fourth-order valence-electron chi connectivity index (χ4n) is 1.62. The largest absolute Gasteiger partial charge is 0.397 e. The molecule has 0 unspecified atom stereocenters. The van der Waals surface area contributed by atoms with Crippen molar-refractivity contribution in [3.05, 3.63) is 30.5 Å². The monoisotopic (exact) mass is 216 g/mol. The maximum atomic E-state index is 5.94. The number of allylic oxidation sites excluding steroid dienone is 1. The van der Waals surface area contributed by atoms with Crippen molar-refractivity contribution in [1.29, 1.82) is 0 Å². The number of hydrogen-bond donors (Lipinski definition) is 3. The van der Waals surface area contributed by atoms with E-state index in [2.05, 4.69) is 21.6 Å². The zero-order valence-corrected chi connectivity index (χ0v) is 9.33. The smallest absolute Gasteiger partial charge is 0.0672 e. The van der Waals surface area contributed by atoms with Crippen LogP contribution in [-0.2, 0) is 0 Å². The third-order valence-electron chi connectivity index (χ3n) is 2.47. The summed E-state index contributed by atoms with van der Waals surface area (Å²) in [6.45, 7) is 2.90. The topological polar surface area (TPSA) is 66.7 Å². The van der Waals surface area contributed by atoms with Gasteiger partial charge in [-0.1, -0.05) is 12.2 Å². The minimum absolute atomic E-state index is 0.759. The Balaban J connectivity index is 2.13. The minimum atomic E-state index is 0.759. The average Bonchev–Trinajstić information content (AvgIpc) is 2.71. The summed E-state index contributed by atoms with van der Waals surface area (Å²) in [5, 5.41) is 11.2. The second-order valence-corrected chi connectivity index (χ2v) is 3.68. The molecule has 0 aliphatic carbocycles. The van der Waals surface area contributed by atoms with Crippen LogP contribution in [0.3, 0.4) is 0 Å². The minimum Gasteiger partial charge on any atom is -0.397 e. The average molecular weight is 216 g/mol. The quantitative estimate of drug-likeness (QED) is 0.418. The molecule has 0 aliphatic heterocycles. The molecule has 2 rings (SSSR count). The van der Waals surface area contributed by atoms with Gasteiger partial charge in [-0.25, -0.2) is 0 Å². The number of hydrogen-bond acceptors (Lipinski definition) is 3. The zero-order chi connectivity index (χ0) is 11.4. The molecule has 0 aliphatic rings. The van der Waals surface area contributed by atoms with E-state index in [9.17, 15) is 0 Å². The summed E-state index contributed by atoms with van der Waals surface area (Å²) in [6, 6.07) is 3.92. The molecule has 0 spiro atoms. The van der Waals surface area contributed by atoms with E-state index in [1.807, 2.05) is 25.1 Å². The highest BCUT2D eigenvalue weighted by atomic mass is 15.1. The first-order valence-electron chi connectivity index (χ1n) is 5.39. The summed E-state index contributed by atoms with van der Waals surface area (Å²) in [5.74, 6) is 0. The number of nitrogen functional groups attached to an aromatic ring is 1. The van der Waals surface area contributed by atoms with Gasteiger partial charge in [0.25, 0.3) is 0 Å². The number of rotatable bonds is 4. The standard InChI is InChI=1S/C12H16N4/c1-2-3-4-5-14-12-7-11-9(6-10(12)13)8-15-16-11/h2-3,6-8,14H,4-5,13H2,1H3,(H,15,16)/b3-2+. The van der Waals surface area contributed by atoms with Gasteiger partial charge in [0.05, 0.1) is 23.1 Å². The fraction of sp³-hybridized carbons (Fsp3) is 0.250. The van der Waals surface area contributed by atoms with Gasteiger partial charge in [-0.05, 0) is 25.5 Å². The van der Waals surface area contributed by atoms with Crippen molar-refractivity contribution >= 4 is 22.3 Å². The van der Waals surface area contributed by atoms with Crippen molar-refractivity contribution in [3.8, 4) is 0 Å². The number of fused-ring (bicyclic) bond motifs is 1. The molecule has 2 aromatic rings. The van der Waals surface area contributed by atoms with Crippen molar-refractivity contribution in [3.63, 3.8) is 0 Å². The summed E-state index contributed by atoms with van der Waals surface area (Å²) < 4.78 is 0. The van der Waals surface area contributed by atoms with Crippen molar-refractivity contribution in [1.82, 2.24) is 10.2 Å². The number of anilines is 2. The third kappa shape index (κ3) is 2.16. The lowest BCUT2D eigenvalue weighted by Gasteiger charge is -2.08. The Kier molecular flexibility index (Phi) is 3.10. The van der Waals surface area contributed by atoms with Crippen LogP contribution in [0.4, 0.5) is 11.4 Å². The maximum absolute atomic E-state index is 5.94. The van der Waals surface area contributed by atoms with Gasteiger partial charge in [-0.15, -0.1) is 0 Å². The van der Waals surface area contributed by atoms with Gasteiger partial charge in [0, 0.05) is 11.9 Å². The van der Waals surface area contributed by atoms with Crippen molar-refractivity contribution in [2.75, 3.05) is 17.6 Å². The molecule has 4 nitrogen and oxygen atoms in total. The number of H-pyrrole nitrogens is 1. The van der Waals surface area contributed by atoms with Crippen LogP contribution in [0.2, 0.25) is 0 Å². The normalized spacial score (nSPS) is 11.3. The molecule has 0 bridgehead atoms. The van der Waals surface area contributed by atoms with Crippen LogP contribution in [0.5, 0.6) is 0 Å². The molecule has 1 aromatic carbocycles. The second-order valence-electron chi connectivity index (χ2n) is 3.68. The molecular formula is C12H16N4. The van der Waals surface area contributed by atoms with E-state index >= 15 is 0 Å². The second kappa shape index (κ2) is 4.70. The molecule has 0 radical (unpaired) electrons. The van der Waals surface area contributed by atoms with Crippen LogP contribution < -0.4 is 11.1 Å². The van der Waals surface area contributed by atoms with E-state index in [-0.39, 0.29) is 0 Å². The van der Waals surface area contributed by atoms with Crippen LogP contribution in [0.25, 0.3) is 10.9 Å². The summed E-state index contributed by atoms with van der Waals surface area (Å²) in [6.07, 6.45) is 6.94. The molecule has 1 heterocycles. The maximum Gasteiger partial charge on any atom is 0.0672 e. The van der Waals surface area contributed by atoms with E-state index in [4.69, 9.17) is 5.73 Å². The van der Waals surface area contributed by atoms with Gasteiger partial charge in [0.2, 0.25) is 0 Å². The molecule has 0 fully saturated rings. The molecule has 0 saturated heterocycles. The van der Waals surface area contributed by atoms with Crippen molar-refractivity contribution in [2.24, 2.45) is 0 Å². The SMILES string of the molecule is C/C=C/CCNc1cc2[nH]ncc2cc1N. The highest BCUT2D eigenvalue weighted by molar-refractivity contribution is 5.88. The van der Waals surface area contributed by atoms with E-state index in [0.29, 0.717) is 0 Å². The van der Waals surface area contributed by atoms with Crippen molar-refractivity contribution < 1.29 is 0 Å². The third-order valence-corrected chi connectivity index (χ3v) is 2.47. The van der Waals surface area contributed by atoms with E-state index in [0.717, 1.165) is 35.2 Å². The Bertz CT molecular complexity index is 499. The Morgan fingerprint density at radius 1 is 1.50 bits per heavy atom. The Morgan fingerprint density at radius 3 is 3.19 bits per heavy atom.